The Hall–Kier alpha value is -1.79. The molecule has 0 heterocycles. The minimum atomic E-state index is 0.533. The lowest BCUT2D eigenvalue weighted by molar-refractivity contribution is 0.481. The topological polar surface area (TPSA) is 33.0 Å². The first-order chi connectivity index (χ1) is 7.79. The summed E-state index contributed by atoms with van der Waals surface area (Å²) in [6.07, 6.45) is 0. The van der Waals surface area contributed by atoms with Crippen LogP contribution in [0.5, 0.6) is 11.5 Å². The van der Waals surface area contributed by atoms with Gasteiger partial charge in [0.15, 0.2) is 0 Å². The molecule has 0 amide bonds. The fourth-order valence-corrected chi connectivity index (χ4v) is 1.54. The first kappa shape index (κ1) is 10.7. The molecule has 78 valence electrons. The van der Waals surface area contributed by atoms with Gasteiger partial charge in [-0.2, -0.15) is 5.26 Å². The Morgan fingerprint density at radius 1 is 1.00 bits per heavy atom. The Morgan fingerprint density at radius 3 is 2.38 bits per heavy atom. The van der Waals surface area contributed by atoms with Crippen LogP contribution >= 0.6 is 15.9 Å². The van der Waals surface area contributed by atoms with Crippen LogP contribution in [-0.4, -0.2) is 0 Å². The zero-order valence-corrected chi connectivity index (χ0v) is 9.94. The fraction of sp³-hybridized carbons (Fsp3) is 0. The van der Waals surface area contributed by atoms with E-state index in [1.165, 1.54) is 0 Å². The predicted octanol–water partition coefficient (Wildman–Crippen LogP) is 4.11. The molecule has 2 rings (SSSR count). The van der Waals surface area contributed by atoms with Crippen molar-refractivity contribution in [3.8, 4) is 17.6 Å². The van der Waals surface area contributed by atoms with Crippen molar-refractivity contribution in [3.05, 3.63) is 58.6 Å². The molecule has 16 heavy (non-hydrogen) atoms. The van der Waals surface area contributed by atoms with Gasteiger partial charge in [0.1, 0.15) is 17.6 Å². The second-order valence-corrected chi connectivity index (χ2v) is 4.08. The standard InChI is InChI=1S/C13H8BrNO/c14-11-5-7-12(8-6-11)16-13-4-2-1-3-10(13)9-15/h1-8H. The molecule has 0 aliphatic rings. The SMILES string of the molecule is N#Cc1ccccc1Oc1ccc(Br)cc1. The molecule has 0 unspecified atom stereocenters. The second kappa shape index (κ2) is 4.82. The summed E-state index contributed by atoms with van der Waals surface area (Å²) in [4.78, 5) is 0. The lowest BCUT2D eigenvalue weighted by Crippen LogP contribution is -1.87. The largest absolute Gasteiger partial charge is 0.456 e. The number of hydrogen-bond donors (Lipinski definition) is 0. The maximum absolute atomic E-state index is 8.90. The smallest absolute Gasteiger partial charge is 0.145 e. The fourth-order valence-electron chi connectivity index (χ4n) is 1.28. The first-order valence-electron chi connectivity index (χ1n) is 4.72. The normalized spacial score (nSPS) is 9.50. The lowest BCUT2D eigenvalue weighted by Gasteiger charge is -2.06. The Bertz CT molecular complexity index is 528. The third-order valence-electron chi connectivity index (χ3n) is 2.05. The maximum atomic E-state index is 8.90. The summed E-state index contributed by atoms with van der Waals surface area (Å²) in [5.41, 5.74) is 0.533. The van der Waals surface area contributed by atoms with Crippen molar-refractivity contribution in [2.75, 3.05) is 0 Å². The van der Waals surface area contributed by atoms with Crippen LogP contribution in [0.25, 0.3) is 0 Å². The van der Waals surface area contributed by atoms with Gasteiger partial charge >= 0.3 is 0 Å². The third-order valence-corrected chi connectivity index (χ3v) is 2.58. The molecule has 0 aromatic heterocycles. The highest BCUT2D eigenvalue weighted by atomic mass is 79.9. The van der Waals surface area contributed by atoms with Gasteiger partial charge in [-0.1, -0.05) is 28.1 Å². The van der Waals surface area contributed by atoms with E-state index in [2.05, 4.69) is 22.0 Å². The summed E-state index contributed by atoms with van der Waals surface area (Å²) >= 11 is 3.35. The van der Waals surface area contributed by atoms with Crippen LogP contribution < -0.4 is 4.74 Å². The van der Waals surface area contributed by atoms with Crippen LogP contribution in [0.3, 0.4) is 0 Å². The molecule has 0 spiro atoms. The minimum Gasteiger partial charge on any atom is -0.456 e. The number of ether oxygens (including phenoxy) is 1. The van der Waals surface area contributed by atoms with Gasteiger partial charge < -0.3 is 4.74 Å². The number of nitrogens with zero attached hydrogens (tertiary/aromatic N) is 1. The van der Waals surface area contributed by atoms with Crippen molar-refractivity contribution >= 4 is 15.9 Å². The maximum Gasteiger partial charge on any atom is 0.145 e. The van der Waals surface area contributed by atoms with E-state index in [9.17, 15) is 0 Å². The van der Waals surface area contributed by atoms with E-state index in [0.29, 0.717) is 17.1 Å². The van der Waals surface area contributed by atoms with Crippen molar-refractivity contribution in [1.82, 2.24) is 0 Å². The molecule has 0 saturated heterocycles. The number of para-hydroxylation sites is 1. The van der Waals surface area contributed by atoms with Gasteiger partial charge in [0.25, 0.3) is 0 Å². The lowest BCUT2D eigenvalue weighted by atomic mass is 10.2. The molecule has 0 saturated carbocycles. The van der Waals surface area contributed by atoms with Gasteiger partial charge in [-0.3, -0.25) is 0 Å². The van der Waals surface area contributed by atoms with Crippen molar-refractivity contribution in [2.24, 2.45) is 0 Å². The van der Waals surface area contributed by atoms with Crippen LogP contribution in [0.15, 0.2) is 53.0 Å². The number of rotatable bonds is 2. The van der Waals surface area contributed by atoms with Crippen molar-refractivity contribution < 1.29 is 4.74 Å². The summed E-state index contributed by atoms with van der Waals surface area (Å²) in [6, 6.07) is 16.7. The summed E-state index contributed by atoms with van der Waals surface area (Å²) in [5.74, 6) is 1.29. The molecule has 0 atom stereocenters. The van der Waals surface area contributed by atoms with Crippen molar-refractivity contribution in [2.45, 2.75) is 0 Å². The Kier molecular flexibility index (Phi) is 3.23. The molecular weight excluding hydrogens is 266 g/mol. The van der Waals surface area contributed by atoms with Crippen LogP contribution in [0.4, 0.5) is 0 Å². The van der Waals surface area contributed by atoms with Crippen LogP contribution in [-0.2, 0) is 0 Å². The molecule has 2 aromatic rings. The van der Waals surface area contributed by atoms with Gasteiger partial charge in [0.05, 0.1) is 5.56 Å². The number of hydrogen-bond acceptors (Lipinski definition) is 2. The summed E-state index contributed by atoms with van der Waals surface area (Å²) in [7, 11) is 0. The van der Waals surface area contributed by atoms with Gasteiger partial charge in [-0.25, -0.2) is 0 Å². The van der Waals surface area contributed by atoms with E-state index >= 15 is 0 Å². The Morgan fingerprint density at radius 2 is 1.69 bits per heavy atom. The molecule has 0 radical (unpaired) electrons. The van der Waals surface area contributed by atoms with Crippen molar-refractivity contribution in [3.63, 3.8) is 0 Å². The average Bonchev–Trinajstić information content (AvgIpc) is 2.33. The highest BCUT2D eigenvalue weighted by molar-refractivity contribution is 9.10. The highest BCUT2D eigenvalue weighted by Gasteiger charge is 2.02. The highest BCUT2D eigenvalue weighted by Crippen LogP contribution is 2.25. The average molecular weight is 274 g/mol. The summed E-state index contributed by atoms with van der Waals surface area (Å²) in [6.45, 7) is 0. The number of halogens is 1. The molecule has 2 aromatic carbocycles. The molecule has 3 heteroatoms. The molecule has 0 aliphatic carbocycles. The molecule has 0 fully saturated rings. The number of nitriles is 1. The monoisotopic (exact) mass is 273 g/mol. The van der Waals surface area contributed by atoms with Crippen LogP contribution in [0, 0.1) is 11.3 Å². The second-order valence-electron chi connectivity index (χ2n) is 3.16. The Balaban J connectivity index is 2.27. The van der Waals surface area contributed by atoms with E-state index in [1.54, 1.807) is 12.1 Å². The van der Waals surface area contributed by atoms with E-state index < -0.39 is 0 Å². The molecule has 2 nitrogen and oxygen atoms in total. The van der Waals surface area contributed by atoms with E-state index in [1.807, 2.05) is 36.4 Å². The van der Waals surface area contributed by atoms with Crippen LogP contribution in [0.2, 0.25) is 0 Å². The molecular formula is C13H8BrNO. The zero-order valence-electron chi connectivity index (χ0n) is 8.35. The van der Waals surface area contributed by atoms with Gasteiger partial charge in [-0.05, 0) is 36.4 Å². The molecule has 0 N–H and O–H groups in total. The van der Waals surface area contributed by atoms with E-state index in [4.69, 9.17) is 10.00 Å². The Labute approximate surface area is 102 Å². The van der Waals surface area contributed by atoms with E-state index in [0.717, 1.165) is 4.47 Å². The summed E-state index contributed by atoms with van der Waals surface area (Å²) in [5, 5.41) is 8.90. The first-order valence-corrected chi connectivity index (χ1v) is 5.51. The van der Waals surface area contributed by atoms with E-state index in [-0.39, 0.29) is 0 Å². The minimum absolute atomic E-state index is 0.533. The van der Waals surface area contributed by atoms with Crippen molar-refractivity contribution in [1.29, 1.82) is 5.26 Å². The van der Waals surface area contributed by atoms with Gasteiger partial charge in [-0.15, -0.1) is 0 Å². The number of benzene rings is 2. The molecule has 0 bridgehead atoms. The van der Waals surface area contributed by atoms with Crippen LogP contribution in [0.1, 0.15) is 5.56 Å². The zero-order chi connectivity index (χ0) is 11.4. The van der Waals surface area contributed by atoms with Gasteiger partial charge in [0.2, 0.25) is 0 Å². The third kappa shape index (κ3) is 2.41. The predicted molar refractivity (Wildman–Crippen MR) is 65.4 cm³/mol. The summed E-state index contributed by atoms with van der Waals surface area (Å²) < 4.78 is 6.61. The quantitative estimate of drug-likeness (QED) is 0.825. The molecule has 0 aliphatic heterocycles. The van der Waals surface area contributed by atoms with Gasteiger partial charge in [0, 0.05) is 4.47 Å².